The largest absolute Gasteiger partial charge is 0.573 e. The molecule has 0 bridgehead atoms. The Morgan fingerprint density at radius 1 is 0.871 bits per heavy atom. The van der Waals surface area contributed by atoms with Gasteiger partial charge in [0.2, 0.25) is 0 Å². The van der Waals surface area contributed by atoms with Crippen molar-refractivity contribution in [3.05, 3.63) is 59.4 Å². The summed E-state index contributed by atoms with van der Waals surface area (Å²) in [5.74, 6) is -2.12. The Labute approximate surface area is 177 Å². The van der Waals surface area contributed by atoms with Crippen LogP contribution in [0.4, 0.5) is 26.3 Å². The smallest absolute Gasteiger partial charge is 0.429 e. The highest BCUT2D eigenvalue weighted by Crippen LogP contribution is 2.39. The lowest BCUT2D eigenvalue weighted by molar-refractivity contribution is -0.275. The minimum atomic E-state index is -5.09. The summed E-state index contributed by atoms with van der Waals surface area (Å²) in [6.45, 7) is 2.17. The van der Waals surface area contributed by atoms with Crippen molar-refractivity contribution in [3.8, 4) is 11.5 Å². The first-order chi connectivity index (χ1) is 14.6. The first kappa shape index (κ1) is 23.3. The van der Waals surface area contributed by atoms with E-state index in [1.165, 1.54) is 25.0 Å². The van der Waals surface area contributed by atoms with E-state index in [1.54, 1.807) is 12.1 Å². The molecule has 2 aromatic rings. The molecule has 1 aliphatic carbocycles. The van der Waals surface area contributed by atoms with Crippen LogP contribution in [0, 0.1) is 11.7 Å². The molecule has 0 aliphatic heterocycles. The Morgan fingerprint density at radius 3 is 2.06 bits per heavy atom. The highest BCUT2D eigenvalue weighted by Gasteiger charge is 2.36. The first-order valence-electron chi connectivity index (χ1n) is 10.3. The van der Waals surface area contributed by atoms with E-state index >= 15 is 0 Å². The number of hydrogen-bond donors (Lipinski definition) is 0. The van der Waals surface area contributed by atoms with Crippen LogP contribution in [0.25, 0.3) is 0 Å². The second-order valence-corrected chi connectivity index (χ2v) is 7.89. The minimum Gasteiger partial charge on any atom is -0.429 e. The fraction of sp³-hybridized carbons (Fsp3) is 0.478. The zero-order valence-electron chi connectivity index (χ0n) is 17.0. The van der Waals surface area contributed by atoms with Crippen molar-refractivity contribution < 1.29 is 35.8 Å². The van der Waals surface area contributed by atoms with Gasteiger partial charge in [-0.2, -0.15) is 8.78 Å². The number of hydrogen-bond acceptors (Lipinski definition) is 2. The summed E-state index contributed by atoms with van der Waals surface area (Å²) in [7, 11) is 0. The molecule has 2 nitrogen and oxygen atoms in total. The van der Waals surface area contributed by atoms with Crippen LogP contribution in [0.15, 0.2) is 42.5 Å². The molecule has 1 fully saturated rings. The zero-order chi connectivity index (χ0) is 22.6. The summed E-state index contributed by atoms with van der Waals surface area (Å²) < 4.78 is 87.4. The first-order valence-corrected chi connectivity index (χ1v) is 10.3. The Morgan fingerprint density at radius 2 is 1.52 bits per heavy atom. The standard InChI is InChI=1S/C23H24F6O2/c1-2-3-15-4-6-16(7-5-15)17-8-10-18(11-9-17)22(25,26)30-19-12-13-21(20(24)14-19)31-23(27,28)29/h8-16H,2-7H2,1H3. The van der Waals surface area contributed by atoms with Gasteiger partial charge in [-0.1, -0.05) is 31.9 Å². The number of benzene rings is 2. The molecule has 2 aromatic carbocycles. The molecule has 31 heavy (non-hydrogen) atoms. The molecule has 170 valence electrons. The van der Waals surface area contributed by atoms with Crippen molar-refractivity contribution in [1.82, 2.24) is 0 Å². The predicted molar refractivity (Wildman–Crippen MR) is 104 cm³/mol. The zero-order valence-corrected chi connectivity index (χ0v) is 17.0. The van der Waals surface area contributed by atoms with Gasteiger partial charge in [0.15, 0.2) is 11.6 Å². The molecule has 0 N–H and O–H groups in total. The molecular formula is C23H24F6O2. The van der Waals surface area contributed by atoms with Gasteiger partial charge in [-0.25, -0.2) is 4.39 Å². The van der Waals surface area contributed by atoms with E-state index in [0.29, 0.717) is 18.1 Å². The van der Waals surface area contributed by atoms with E-state index in [9.17, 15) is 26.3 Å². The highest BCUT2D eigenvalue weighted by molar-refractivity contribution is 5.34. The third-order valence-corrected chi connectivity index (χ3v) is 5.64. The molecule has 0 saturated heterocycles. The Bertz CT molecular complexity index is 855. The molecule has 0 heterocycles. The lowest BCUT2D eigenvalue weighted by atomic mass is 9.77. The summed E-state index contributed by atoms with van der Waals surface area (Å²) >= 11 is 0. The van der Waals surface area contributed by atoms with E-state index in [2.05, 4.69) is 16.4 Å². The lowest BCUT2D eigenvalue weighted by Crippen LogP contribution is -2.22. The molecule has 0 aromatic heterocycles. The monoisotopic (exact) mass is 446 g/mol. The Hall–Kier alpha value is -2.38. The average molecular weight is 446 g/mol. The van der Waals surface area contributed by atoms with Crippen molar-refractivity contribution in [2.75, 3.05) is 0 Å². The normalized spacial score (nSPS) is 19.8. The van der Waals surface area contributed by atoms with Crippen molar-refractivity contribution in [3.63, 3.8) is 0 Å². The van der Waals surface area contributed by atoms with Crippen LogP contribution in [0.1, 0.15) is 62.5 Å². The Kier molecular flexibility index (Phi) is 7.06. The molecule has 0 amide bonds. The van der Waals surface area contributed by atoms with Crippen LogP contribution in [0.5, 0.6) is 11.5 Å². The summed E-state index contributed by atoms with van der Waals surface area (Å²) in [5, 5.41) is 0. The summed E-state index contributed by atoms with van der Waals surface area (Å²) in [6.07, 6.45) is -2.15. The molecule has 0 atom stereocenters. The van der Waals surface area contributed by atoms with Crippen LogP contribution < -0.4 is 9.47 Å². The maximum atomic E-state index is 14.5. The molecule has 1 saturated carbocycles. The van der Waals surface area contributed by atoms with Crippen molar-refractivity contribution in [1.29, 1.82) is 0 Å². The van der Waals surface area contributed by atoms with E-state index in [4.69, 9.17) is 0 Å². The second kappa shape index (κ2) is 9.40. The van der Waals surface area contributed by atoms with Gasteiger partial charge < -0.3 is 9.47 Å². The van der Waals surface area contributed by atoms with Gasteiger partial charge >= 0.3 is 12.5 Å². The molecule has 0 unspecified atom stereocenters. The third-order valence-electron chi connectivity index (χ3n) is 5.64. The molecule has 0 spiro atoms. The van der Waals surface area contributed by atoms with Gasteiger partial charge in [0.25, 0.3) is 0 Å². The fourth-order valence-electron chi connectivity index (χ4n) is 4.10. The average Bonchev–Trinajstić information content (AvgIpc) is 2.70. The minimum absolute atomic E-state index is 0.340. The summed E-state index contributed by atoms with van der Waals surface area (Å²) in [6, 6.07) is 7.65. The molecule has 3 rings (SSSR count). The number of alkyl halides is 5. The quantitative estimate of drug-likeness (QED) is 0.402. The Balaban J connectivity index is 1.65. The van der Waals surface area contributed by atoms with E-state index in [-0.39, 0.29) is 0 Å². The van der Waals surface area contributed by atoms with Crippen LogP contribution in [0.3, 0.4) is 0 Å². The SMILES string of the molecule is CCCC1CCC(c2ccc(C(F)(F)Oc3ccc(OC(F)(F)F)c(F)c3)cc2)CC1. The summed E-state index contributed by atoms with van der Waals surface area (Å²) in [4.78, 5) is 0. The molecule has 8 heteroatoms. The van der Waals surface area contributed by atoms with Crippen LogP contribution in [-0.4, -0.2) is 6.36 Å². The van der Waals surface area contributed by atoms with Crippen LogP contribution >= 0.6 is 0 Å². The van der Waals surface area contributed by atoms with Crippen molar-refractivity contribution >= 4 is 0 Å². The maximum absolute atomic E-state index is 14.5. The van der Waals surface area contributed by atoms with Gasteiger partial charge in [0.1, 0.15) is 5.75 Å². The number of rotatable bonds is 7. The van der Waals surface area contributed by atoms with Crippen molar-refractivity contribution in [2.24, 2.45) is 5.92 Å². The number of halogens is 6. The molecule has 0 radical (unpaired) electrons. The predicted octanol–water partition coefficient (Wildman–Crippen LogP) is 7.93. The van der Waals surface area contributed by atoms with Gasteiger partial charge in [-0.05, 0) is 67.3 Å². The van der Waals surface area contributed by atoms with Gasteiger partial charge in [0.05, 0.1) is 5.56 Å². The molecular weight excluding hydrogens is 422 g/mol. The fourth-order valence-corrected chi connectivity index (χ4v) is 4.10. The third kappa shape index (κ3) is 6.31. The summed E-state index contributed by atoms with van der Waals surface area (Å²) in [5.41, 5.74) is 0.571. The maximum Gasteiger partial charge on any atom is 0.573 e. The van der Waals surface area contributed by atoms with Crippen molar-refractivity contribution in [2.45, 2.75) is 63.8 Å². The second-order valence-electron chi connectivity index (χ2n) is 7.89. The van der Waals surface area contributed by atoms with Gasteiger partial charge in [-0.3, -0.25) is 0 Å². The van der Waals surface area contributed by atoms with E-state index in [1.807, 2.05) is 0 Å². The van der Waals surface area contributed by atoms with Gasteiger partial charge in [-0.15, -0.1) is 13.2 Å². The molecule has 1 aliphatic rings. The van der Waals surface area contributed by atoms with E-state index in [0.717, 1.165) is 43.2 Å². The van der Waals surface area contributed by atoms with E-state index < -0.39 is 35.4 Å². The van der Waals surface area contributed by atoms with Gasteiger partial charge in [0, 0.05) is 6.07 Å². The number of ether oxygens (including phenoxy) is 2. The highest BCUT2D eigenvalue weighted by atomic mass is 19.4. The topological polar surface area (TPSA) is 18.5 Å². The lowest BCUT2D eigenvalue weighted by Gasteiger charge is -2.29. The van der Waals surface area contributed by atoms with Crippen LogP contribution in [-0.2, 0) is 6.11 Å². The van der Waals surface area contributed by atoms with Crippen LogP contribution in [0.2, 0.25) is 0 Å².